The van der Waals surface area contributed by atoms with E-state index in [1.807, 2.05) is 12.1 Å². The normalized spacial score (nSPS) is 9.88. The summed E-state index contributed by atoms with van der Waals surface area (Å²) in [6, 6.07) is 5.38. The Morgan fingerprint density at radius 2 is 2.25 bits per heavy atom. The topological polar surface area (TPSA) is 81.8 Å². The second-order valence-electron chi connectivity index (χ2n) is 3.17. The summed E-state index contributed by atoms with van der Waals surface area (Å²) in [5, 5.41) is 8.57. The number of rotatable bonds is 6. The molecule has 5 heteroatoms. The lowest BCUT2D eigenvalue weighted by Crippen LogP contribution is -2.12. The number of nitrogens with two attached hydrogens (primary N) is 1. The quantitative estimate of drug-likeness (QED) is 0.743. The molecule has 0 aliphatic heterocycles. The van der Waals surface area contributed by atoms with Gasteiger partial charge in [0.2, 0.25) is 0 Å². The van der Waals surface area contributed by atoms with E-state index in [-0.39, 0.29) is 0 Å². The number of ether oxygens (including phenoxy) is 2. The third-order valence-corrected chi connectivity index (χ3v) is 2.03. The number of benzene rings is 1. The van der Waals surface area contributed by atoms with Gasteiger partial charge in [-0.2, -0.15) is 0 Å². The fraction of sp³-hybridized carbons (Fsp3) is 0.364. The van der Waals surface area contributed by atoms with Gasteiger partial charge in [0.05, 0.1) is 7.11 Å². The Bertz CT molecular complexity index is 365. The summed E-state index contributed by atoms with van der Waals surface area (Å²) in [6.45, 7) is 0.0779. The van der Waals surface area contributed by atoms with E-state index in [0.717, 1.165) is 5.56 Å². The molecule has 88 valence electrons. The van der Waals surface area contributed by atoms with Gasteiger partial charge in [-0.15, -0.1) is 0 Å². The molecule has 5 nitrogen and oxygen atoms in total. The van der Waals surface area contributed by atoms with Crippen LogP contribution in [0.5, 0.6) is 11.5 Å². The lowest BCUT2D eigenvalue weighted by Gasteiger charge is -2.13. The first-order valence-corrected chi connectivity index (χ1v) is 4.89. The van der Waals surface area contributed by atoms with E-state index in [4.69, 9.17) is 20.3 Å². The van der Waals surface area contributed by atoms with Gasteiger partial charge >= 0.3 is 5.97 Å². The van der Waals surface area contributed by atoms with Gasteiger partial charge in [0, 0.05) is 0 Å². The Balaban J connectivity index is 2.94. The van der Waals surface area contributed by atoms with Crippen LogP contribution in [0.4, 0.5) is 0 Å². The molecule has 0 atom stereocenters. The van der Waals surface area contributed by atoms with Crippen molar-refractivity contribution in [1.82, 2.24) is 0 Å². The highest BCUT2D eigenvalue weighted by Gasteiger charge is 2.11. The van der Waals surface area contributed by atoms with Crippen molar-refractivity contribution >= 4 is 5.97 Å². The van der Waals surface area contributed by atoms with Gasteiger partial charge in [0.1, 0.15) is 0 Å². The number of hydrogen-bond acceptors (Lipinski definition) is 4. The molecule has 3 N–H and O–H groups in total. The molecule has 0 aliphatic carbocycles. The SMILES string of the molecule is COc1cccc(CCN)c1OCC(=O)O. The molecule has 1 aromatic rings. The molecule has 0 fully saturated rings. The van der Waals surface area contributed by atoms with Crippen LogP contribution in [-0.4, -0.2) is 31.3 Å². The van der Waals surface area contributed by atoms with Crippen molar-refractivity contribution in [2.45, 2.75) is 6.42 Å². The summed E-state index contributed by atoms with van der Waals surface area (Å²) in [5.41, 5.74) is 6.31. The first kappa shape index (κ1) is 12.3. The second kappa shape index (κ2) is 5.97. The van der Waals surface area contributed by atoms with Crippen LogP contribution in [0.25, 0.3) is 0 Å². The first-order valence-electron chi connectivity index (χ1n) is 4.89. The molecule has 0 aromatic heterocycles. The predicted molar refractivity (Wildman–Crippen MR) is 58.9 cm³/mol. The van der Waals surface area contributed by atoms with Crippen molar-refractivity contribution in [3.05, 3.63) is 23.8 Å². The molecule has 0 spiro atoms. The van der Waals surface area contributed by atoms with Crippen molar-refractivity contribution < 1.29 is 19.4 Å². The molecule has 0 unspecified atom stereocenters. The molecular formula is C11H15NO4. The zero-order chi connectivity index (χ0) is 12.0. The van der Waals surface area contributed by atoms with Crippen LogP contribution in [0.3, 0.4) is 0 Å². The van der Waals surface area contributed by atoms with Crippen LogP contribution in [0.15, 0.2) is 18.2 Å². The lowest BCUT2D eigenvalue weighted by molar-refractivity contribution is -0.139. The van der Waals surface area contributed by atoms with E-state index >= 15 is 0 Å². The fourth-order valence-corrected chi connectivity index (χ4v) is 1.37. The minimum Gasteiger partial charge on any atom is -0.493 e. The summed E-state index contributed by atoms with van der Waals surface area (Å²) in [7, 11) is 1.51. The molecule has 1 aromatic carbocycles. The van der Waals surface area contributed by atoms with Gasteiger partial charge in [-0.1, -0.05) is 12.1 Å². The number of carboxylic acid groups (broad SMARTS) is 1. The number of carbonyl (C=O) groups is 1. The molecule has 0 radical (unpaired) electrons. The highest BCUT2D eigenvalue weighted by molar-refractivity contribution is 5.68. The highest BCUT2D eigenvalue weighted by Crippen LogP contribution is 2.31. The van der Waals surface area contributed by atoms with Crippen LogP contribution >= 0.6 is 0 Å². The van der Waals surface area contributed by atoms with Gasteiger partial charge in [-0.3, -0.25) is 0 Å². The van der Waals surface area contributed by atoms with Crippen LogP contribution in [0.1, 0.15) is 5.56 Å². The van der Waals surface area contributed by atoms with Crippen LogP contribution < -0.4 is 15.2 Å². The summed E-state index contributed by atoms with van der Waals surface area (Å²) < 4.78 is 10.3. The molecule has 0 bridgehead atoms. The Morgan fingerprint density at radius 3 is 2.81 bits per heavy atom. The largest absolute Gasteiger partial charge is 0.493 e. The van der Waals surface area contributed by atoms with Crippen molar-refractivity contribution in [2.75, 3.05) is 20.3 Å². The average molecular weight is 225 g/mol. The molecule has 0 saturated heterocycles. The van der Waals surface area contributed by atoms with Gasteiger partial charge in [0.25, 0.3) is 0 Å². The molecule has 0 saturated carbocycles. The Hall–Kier alpha value is -1.75. The van der Waals surface area contributed by atoms with E-state index < -0.39 is 12.6 Å². The average Bonchev–Trinajstić information content (AvgIpc) is 2.27. The standard InChI is InChI=1S/C11H15NO4/c1-15-9-4-2-3-8(5-6-12)11(9)16-7-10(13)14/h2-4H,5-7,12H2,1H3,(H,13,14). The number of para-hydroxylation sites is 1. The highest BCUT2D eigenvalue weighted by atomic mass is 16.5. The van der Waals surface area contributed by atoms with Crippen LogP contribution in [0.2, 0.25) is 0 Å². The maximum Gasteiger partial charge on any atom is 0.341 e. The zero-order valence-electron chi connectivity index (χ0n) is 9.10. The van der Waals surface area contributed by atoms with Gasteiger partial charge in [0.15, 0.2) is 18.1 Å². The summed E-state index contributed by atoms with van der Waals surface area (Å²) in [5.74, 6) is -0.0466. The molecular weight excluding hydrogens is 210 g/mol. The van der Waals surface area contributed by atoms with Crippen LogP contribution in [0, 0.1) is 0 Å². The van der Waals surface area contributed by atoms with Crippen molar-refractivity contribution in [2.24, 2.45) is 5.73 Å². The maximum atomic E-state index is 10.5. The predicted octanol–water partition coefficient (Wildman–Crippen LogP) is 0.660. The van der Waals surface area contributed by atoms with E-state index in [0.29, 0.717) is 24.5 Å². The Morgan fingerprint density at radius 1 is 1.50 bits per heavy atom. The first-order chi connectivity index (χ1) is 7.69. The van der Waals surface area contributed by atoms with E-state index in [1.54, 1.807) is 6.07 Å². The van der Waals surface area contributed by atoms with Gasteiger partial charge in [-0.05, 0) is 24.6 Å². The maximum absolute atomic E-state index is 10.5. The fourth-order valence-electron chi connectivity index (χ4n) is 1.37. The zero-order valence-corrected chi connectivity index (χ0v) is 9.10. The van der Waals surface area contributed by atoms with Crippen LogP contribution in [-0.2, 0) is 11.2 Å². The number of methoxy groups -OCH3 is 1. The minimum atomic E-state index is -1.02. The van der Waals surface area contributed by atoms with Crippen molar-refractivity contribution in [3.63, 3.8) is 0 Å². The van der Waals surface area contributed by atoms with Gasteiger partial charge < -0.3 is 20.3 Å². The van der Waals surface area contributed by atoms with Crippen molar-refractivity contribution in [1.29, 1.82) is 0 Å². The minimum absolute atomic E-state index is 0.391. The monoisotopic (exact) mass is 225 g/mol. The molecule has 0 aliphatic rings. The Kier molecular flexibility index (Phi) is 4.60. The summed E-state index contributed by atoms with van der Waals surface area (Å²) in [6.07, 6.45) is 0.617. The summed E-state index contributed by atoms with van der Waals surface area (Å²) >= 11 is 0. The van der Waals surface area contributed by atoms with E-state index in [2.05, 4.69) is 0 Å². The number of aliphatic carboxylic acids is 1. The third kappa shape index (κ3) is 3.13. The van der Waals surface area contributed by atoms with Gasteiger partial charge in [-0.25, -0.2) is 4.79 Å². The molecule has 0 heterocycles. The number of carboxylic acids is 1. The molecule has 0 amide bonds. The third-order valence-electron chi connectivity index (χ3n) is 2.03. The smallest absolute Gasteiger partial charge is 0.341 e. The molecule has 1 rings (SSSR count). The second-order valence-corrected chi connectivity index (χ2v) is 3.17. The lowest BCUT2D eigenvalue weighted by atomic mass is 10.1. The van der Waals surface area contributed by atoms with E-state index in [9.17, 15) is 4.79 Å². The molecule has 16 heavy (non-hydrogen) atoms. The summed E-state index contributed by atoms with van der Waals surface area (Å²) in [4.78, 5) is 10.5. The Labute approximate surface area is 93.8 Å². The van der Waals surface area contributed by atoms with E-state index in [1.165, 1.54) is 7.11 Å². The number of hydrogen-bond donors (Lipinski definition) is 2. The van der Waals surface area contributed by atoms with Crippen molar-refractivity contribution in [3.8, 4) is 11.5 Å².